The Kier molecular flexibility index (Phi) is 4.35. The molecule has 1 atom stereocenters. The first-order chi connectivity index (χ1) is 9.38. The van der Waals surface area contributed by atoms with Crippen molar-refractivity contribution in [3.05, 3.63) is 35.4 Å². The van der Waals surface area contributed by atoms with Crippen LogP contribution in [0.4, 0.5) is 13.2 Å². The SMILES string of the molecule is C[C@@H](NC(=O)C1CCCC1)c1cccc(C(F)(F)F)c1. The Morgan fingerprint density at radius 2 is 1.95 bits per heavy atom. The number of alkyl halides is 3. The van der Waals surface area contributed by atoms with Crippen LogP contribution >= 0.6 is 0 Å². The number of halogens is 3. The van der Waals surface area contributed by atoms with Gasteiger partial charge in [0, 0.05) is 5.92 Å². The molecule has 0 saturated heterocycles. The van der Waals surface area contributed by atoms with E-state index in [1.807, 2.05) is 0 Å². The number of nitrogens with one attached hydrogen (secondary N) is 1. The molecule has 0 spiro atoms. The van der Waals surface area contributed by atoms with Gasteiger partial charge in [-0.3, -0.25) is 4.79 Å². The second-order valence-electron chi connectivity index (χ2n) is 5.33. The smallest absolute Gasteiger partial charge is 0.349 e. The van der Waals surface area contributed by atoms with Gasteiger partial charge >= 0.3 is 6.18 Å². The third kappa shape index (κ3) is 3.52. The van der Waals surface area contributed by atoms with Gasteiger partial charge in [-0.15, -0.1) is 0 Å². The van der Waals surface area contributed by atoms with E-state index in [0.717, 1.165) is 37.8 Å². The molecule has 1 aromatic rings. The van der Waals surface area contributed by atoms with Crippen molar-refractivity contribution >= 4 is 5.91 Å². The van der Waals surface area contributed by atoms with Crippen LogP contribution < -0.4 is 5.32 Å². The summed E-state index contributed by atoms with van der Waals surface area (Å²) in [5.74, 6) is -0.0318. The summed E-state index contributed by atoms with van der Waals surface area (Å²) in [7, 11) is 0. The maximum absolute atomic E-state index is 12.7. The van der Waals surface area contributed by atoms with E-state index in [2.05, 4.69) is 5.32 Å². The molecule has 1 fully saturated rings. The first-order valence-corrected chi connectivity index (χ1v) is 6.85. The van der Waals surface area contributed by atoms with Crippen LogP contribution in [0.25, 0.3) is 0 Å². The highest BCUT2D eigenvalue weighted by atomic mass is 19.4. The molecule has 0 bridgehead atoms. The first kappa shape index (κ1) is 14.9. The van der Waals surface area contributed by atoms with Crippen LogP contribution in [0.1, 0.15) is 49.8 Å². The van der Waals surface area contributed by atoms with Gasteiger partial charge in [0.2, 0.25) is 5.91 Å². The molecule has 2 rings (SSSR count). The molecule has 5 heteroatoms. The average Bonchev–Trinajstić information content (AvgIpc) is 2.91. The number of amides is 1. The predicted octanol–water partition coefficient (Wildman–Crippen LogP) is 4.07. The Morgan fingerprint density at radius 1 is 1.30 bits per heavy atom. The summed E-state index contributed by atoms with van der Waals surface area (Å²) in [6, 6.07) is 4.70. The van der Waals surface area contributed by atoms with Crippen LogP contribution in [-0.2, 0) is 11.0 Å². The van der Waals surface area contributed by atoms with Crippen molar-refractivity contribution in [2.45, 2.75) is 44.8 Å². The molecule has 20 heavy (non-hydrogen) atoms. The number of hydrogen-bond acceptors (Lipinski definition) is 1. The highest BCUT2D eigenvalue weighted by molar-refractivity contribution is 5.79. The number of carbonyl (C=O) groups is 1. The quantitative estimate of drug-likeness (QED) is 0.891. The van der Waals surface area contributed by atoms with Gasteiger partial charge in [-0.25, -0.2) is 0 Å². The van der Waals surface area contributed by atoms with E-state index in [1.54, 1.807) is 13.0 Å². The Morgan fingerprint density at radius 3 is 2.55 bits per heavy atom. The van der Waals surface area contributed by atoms with Crippen LogP contribution in [0.15, 0.2) is 24.3 Å². The summed E-state index contributed by atoms with van der Waals surface area (Å²) in [6.45, 7) is 1.71. The maximum Gasteiger partial charge on any atom is 0.416 e. The van der Waals surface area contributed by atoms with E-state index in [1.165, 1.54) is 6.07 Å². The van der Waals surface area contributed by atoms with E-state index < -0.39 is 17.8 Å². The number of benzene rings is 1. The summed E-state index contributed by atoms with van der Waals surface area (Å²) in [5, 5.41) is 2.81. The van der Waals surface area contributed by atoms with Crippen molar-refractivity contribution in [3.63, 3.8) is 0 Å². The number of rotatable bonds is 3. The highest BCUT2D eigenvalue weighted by Crippen LogP contribution is 2.31. The lowest BCUT2D eigenvalue weighted by molar-refractivity contribution is -0.137. The molecule has 0 aliphatic heterocycles. The van der Waals surface area contributed by atoms with Crippen molar-refractivity contribution in [2.24, 2.45) is 5.92 Å². The molecule has 1 aliphatic carbocycles. The zero-order valence-corrected chi connectivity index (χ0v) is 11.3. The van der Waals surface area contributed by atoms with E-state index >= 15 is 0 Å². The zero-order chi connectivity index (χ0) is 14.8. The molecule has 0 unspecified atom stereocenters. The number of carbonyl (C=O) groups excluding carboxylic acids is 1. The summed E-state index contributed by atoms with van der Waals surface area (Å²) >= 11 is 0. The normalized spacial score (nSPS) is 18.0. The van der Waals surface area contributed by atoms with Crippen molar-refractivity contribution in [2.75, 3.05) is 0 Å². The molecule has 2 nitrogen and oxygen atoms in total. The summed E-state index contributed by atoms with van der Waals surface area (Å²) in [5.41, 5.74) is -0.205. The molecular formula is C15H18F3NO. The lowest BCUT2D eigenvalue weighted by Gasteiger charge is -2.18. The Labute approximate surface area is 116 Å². The van der Waals surface area contributed by atoms with Crippen molar-refractivity contribution in [1.82, 2.24) is 5.32 Å². The van der Waals surface area contributed by atoms with Crippen molar-refractivity contribution in [1.29, 1.82) is 0 Å². The Hall–Kier alpha value is -1.52. The van der Waals surface area contributed by atoms with E-state index in [9.17, 15) is 18.0 Å². The zero-order valence-electron chi connectivity index (χ0n) is 11.3. The van der Waals surface area contributed by atoms with Gasteiger partial charge < -0.3 is 5.32 Å². The van der Waals surface area contributed by atoms with Crippen LogP contribution in [0.3, 0.4) is 0 Å². The van der Waals surface area contributed by atoms with Crippen molar-refractivity contribution < 1.29 is 18.0 Å². The average molecular weight is 285 g/mol. The van der Waals surface area contributed by atoms with Gasteiger partial charge in [0.15, 0.2) is 0 Å². The molecule has 1 aromatic carbocycles. The summed E-state index contributed by atoms with van der Waals surface area (Å²) in [4.78, 5) is 12.0. The molecule has 1 aliphatic rings. The Balaban J connectivity index is 2.05. The summed E-state index contributed by atoms with van der Waals surface area (Å²) < 4.78 is 38.0. The van der Waals surface area contributed by atoms with Crippen LogP contribution in [0, 0.1) is 5.92 Å². The molecule has 0 radical (unpaired) electrons. The van der Waals surface area contributed by atoms with Gasteiger partial charge in [-0.05, 0) is 37.5 Å². The lowest BCUT2D eigenvalue weighted by Crippen LogP contribution is -2.31. The molecule has 0 aromatic heterocycles. The molecule has 110 valence electrons. The standard InChI is InChI=1S/C15H18F3NO/c1-10(19-14(20)11-5-2-3-6-11)12-7-4-8-13(9-12)15(16,17)18/h4,7-11H,2-3,5-6H2,1H3,(H,19,20)/t10-/m1/s1. The molecule has 1 saturated carbocycles. The topological polar surface area (TPSA) is 29.1 Å². The van der Waals surface area contributed by atoms with E-state index in [4.69, 9.17) is 0 Å². The third-order valence-electron chi connectivity index (χ3n) is 3.80. The van der Waals surface area contributed by atoms with Crippen LogP contribution in [0.5, 0.6) is 0 Å². The minimum absolute atomic E-state index is 0.0169. The van der Waals surface area contributed by atoms with Gasteiger partial charge in [-0.2, -0.15) is 13.2 Å². The second-order valence-corrected chi connectivity index (χ2v) is 5.33. The van der Waals surface area contributed by atoms with E-state index in [-0.39, 0.29) is 11.8 Å². The van der Waals surface area contributed by atoms with Crippen LogP contribution in [0.2, 0.25) is 0 Å². The van der Waals surface area contributed by atoms with Gasteiger partial charge in [0.05, 0.1) is 11.6 Å². The largest absolute Gasteiger partial charge is 0.416 e. The highest BCUT2D eigenvalue weighted by Gasteiger charge is 2.31. The molecule has 1 amide bonds. The number of hydrogen-bond donors (Lipinski definition) is 1. The van der Waals surface area contributed by atoms with Gasteiger partial charge in [0.25, 0.3) is 0 Å². The fourth-order valence-corrected chi connectivity index (χ4v) is 2.59. The monoisotopic (exact) mass is 285 g/mol. The molecule has 0 heterocycles. The fraction of sp³-hybridized carbons (Fsp3) is 0.533. The van der Waals surface area contributed by atoms with Gasteiger partial charge in [-0.1, -0.05) is 25.0 Å². The van der Waals surface area contributed by atoms with Crippen LogP contribution in [-0.4, -0.2) is 5.91 Å². The molecular weight excluding hydrogens is 267 g/mol. The third-order valence-corrected chi connectivity index (χ3v) is 3.80. The maximum atomic E-state index is 12.7. The summed E-state index contributed by atoms with van der Waals surface area (Å²) in [6.07, 6.45) is -0.500. The first-order valence-electron chi connectivity index (χ1n) is 6.85. The van der Waals surface area contributed by atoms with E-state index in [0.29, 0.717) is 5.56 Å². The second kappa shape index (κ2) is 5.85. The minimum atomic E-state index is -4.36. The molecule has 1 N–H and O–H groups in total. The van der Waals surface area contributed by atoms with Crippen molar-refractivity contribution in [3.8, 4) is 0 Å². The predicted molar refractivity (Wildman–Crippen MR) is 70.0 cm³/mol. The minimum Gasteiger partial charge on any atom is -0.349 e. The fourth-order valence-electron chi connectivity index (χ4n) is 2.59. The Bertz CT molecular complexity index is 478. The lowest BCUT2D eigenvalue weighted by atomic mass is 10.0. The van der Waals surface area contributed by atoms with Gasteiger partial charge in [0.1, 0.15) is 0 Å².